The summed E-state index contributed by atoms with van der Waals surface area (Å²) in [4.78, 5) is 23.2. The third-order valence-corrected chi connectivity index (χ3v) is 2.42. The Morgan fingerprint density at radius 3 is 2.50 bits per heavy atom. The van der Waals surface area contributed by atoms with Crippen molar-refractivity contribution in [2.24, 2.45) is 0 Å². The molecule has 0 unspecified atom stereocenters. The zero-order chi connectivity index (χ0) is 13.4. The Kier molecular flexibility index (Phi) is 5.75. The molecule has 1 aromatic rings. The van der Waals surface area contributed by atoms with Crippen LogP contribution in [0, 0.1) is 11.3 Å². The van der Waals surface area contributed by atoms with Gasteiger partial charge in [-0.25, -0.2) is 0 Å². The molecule has 0 aromatic heterocycles. The molecular weight excluding hydrogens is 230 g/mol. The van der Waals surface area contributed by atoms with Crippen molar-refractivity contribution >= 4 is 11.6 Å². The van der Waals surface area contributed by atoms with Gasteiger partial charge in [-0.3, -0.25) is 9.59 Å². The Morgan fingerprint density at radius 1 is 1.28 bits per heavy atom. The molecule has 0 aliphatic heterocycles. The molecule has 18 heavy (non-hydrogen) atoms. The maximum atomic E-state index is 11.7. The van der Waals surface area contributed by atoms with E-state index in [1.807, 2.05) is 13.0 Å². The van der Waals surface area contributed by atoms with Gasteiger partial charge in [0.15, 0.2) is 5.78 Å². The molecule has 0 spiro atoms. The van der Waals surface area contributed by atoms with E-state index in [0.717, 1.165) is 0 Å². The van der Waals surface area contributed by atoms with Crippen LogP contribution in [0.5, 0.6) is 0 Å². The van der Waals surface area contributed by atoms with Gasteiger partial charge in [0, 0.05) is 18.6 Å². The van der Waals surface area contributed by atoms with Crippen LogP contribution in [0.2, 0.25) is 0 Å². The van der Waals surface area contributed by atoms with Crippen LogP contribution in [0.25, 0.3) is 0 Å². The summed E-state index contributed by atoms with van der Waals surface area (Å²) in [6, 6.07) is 8.24. The summed E-state index contributed by atoms with van der Waals surface area (Å²) in [6.45, 7) is 2.78. The summed E-state index contributed by atoms with van der Waals surface area (Å²) in [7, 11) is 0. The van der Waals surface area contributed by atoms with Gasteiger partial charge >= 0.3 is 0 Å². The Hall–Kier alpha value is -1.99. The summed E-state index contributed by atoms with van der Waals surface area (Å²) in [5, 5.41) is 8.63. The molecule has 4 nitrogen and oxygen atoms in total. The molecule has 4 heteroatoms. The van der Waals surface area contributed by atoms with E-state index < -0.39 is 0 Å². The summed E-state index contributed by atoms with van der Waals surface area (Å²) in [5.41, 5.74) is 0.952. The van der Waals surface area contributed by atoms with Crippen molar-refractivity contribution in [1.82, 2.24) is 0 Å². The Bertz CT molecular complexity index is 457. The minimum Gasteiger partial charge on any atom is -0.381 e. The third-order valence-electron chi connectivity index (χ3n) is 2.42. The van der Waals surface area contributed by atoms with Crippen LogP contribution in [0.15, 0.2) is 24.3 Å². The summed E-state index contributed by atoms with van der Waals surface area (Å²) in [6.07, 6.45) is 0.148. The number of ketones is 2. The highest BCUT2D eigenvalue weighted by atomic mass is 16.5. The number of nitriles is 1. The predicted molar refractivity (Wildman–Crippen MR) is 66.2 cm³/mol. The number of Topliss-reactive ketones (excluding diaryl/α,β-unsaturated/α-hetero) is 2. The van der Waals surface area contributed by atoms with E-state index in [1.54, 1.807) is 24.3 Å². The average Bonchev–Trinajstić information content (AvgIpc) is 2.39. The number of rotatable bonds is 7. The molecule has 0 saturated heterocycles. The molecule has 0 fully saturated rings. The fourth-order valence-electron chi connectivity index (χ4n) is 1.43. The molecule has 0 amide bonds. The highest BCUT2D eigenvalue weighted by molar-refractivity contribution is 6.07. The van der Waals surface area contributed by atoms with Crippen LogP contribution in [0.3, 0.4) is 0 Å². The molecule has 1 aromatic carbocycles. The predicted octanol–water partition coefficient (Wildman–Crippen LogP) is 2.13. The zero-order valence-electron chi connectivity index (χ0n) is 10.3. The monoisotopic (exact) mass is 245 g/mol. The first-order valence-corrected chi connectivity index (χ1v) is 5.80. The van der Waals surface area contributed by atoms with Gasteiger partial charge in [0.05, 0.1) is 24.7 Å². The summed E-state index contributed by atoms with van der Waals surface area (Å²) < 4.78 is 5.05. The zero-order valence-corrected chi connectivity index (χ0v) is 10.3. The lowest BCUT2D eigenvalue weighted by Crippen LogP contribution is -2.10. The number of benzene rings is 1. The molecule has 0 saturated carbocycles. The first-order chi connectivity index (χ1) is 8.67. The summed E-state index contributed by atoms with van der Waals surface area (Å²) >= 11 is 0. The average molecular weight is 245 g/mol. The molecule has 0 N–H and O–H groups in total. The molecule has 1 rings (SSSR count). The standard InChI is InChI=1S/C14H15NO3/c1-2-18-8-7-13(16)9-14(17)12-5-3-11(10-15)4-6-12/h3-6H,2,7-9H2,1H3. The van der Waals surface area contributed by atoms with Gasteiger partial charge in [-0.15, -0.1) is 0 Å². The van der Waals surface area contributed by atoms with Gasteiger partial charge in [0.2, 0.25) is 0 Å². The Balaban J connectivity index is 2.49. The highest BCUT2D eigenvalue weighted by Gasteiger charge is 2.11. The quantitative estimate of drug-likeness (QED) is 0.419. The van der Waals surface area contributed by atoms with E-state index in [2.05, 4.69) is 0 Å². The van der Waals surface area contributed by atoms with Gasteiger partial charge in [0.25, 0.3) is 0 Å². The first kappa shape index (κ1) is 14.1. The lowest BCUT2D eigenvalue weighted by atomic mass is 10.0. The molecule has 0 radical (unpaired) electrons. The van der Waals surface area contributed by atoms with Crippen LogP contribution in [-0.2, 0) is 9.53 Å². The minimum absolute atomic E-state index is 0.112. The Morgan fingerprint density at radius 2 is 1.94 bits per heavy atom. The molecule has 0 aliphatic rings. The maximum Gasteiger partial charge on any atom is 0.170 e. The van der Waals surface area contributed by atoms with Gasteiger partial charge in [-0.2, -0.15) is 5.26 Å². The van der Waals surface area contributed by atoms with Gasteiger partial charge in [0.1, 0.15) is 5.78 Å². The molecule has 0 bridgehead atoms. The van der Waals surface area contributed by atoms with E-state index in [4.69, 9.17) is 10.00 Å². The van der Waals surface area contributed by atoms with Crippen molar-refractivity contribution in [2.45, 2.75) is 19.8 Å². The molecule has 0 aliphatic carbocycles. The smallest absolute Gasteiger partial charge is 0.170 e. The SMILES string of the molecule is CCOCCC(=O)CC(=O)c1ccc(C#N)cc1. The van der Waals surface area contributed by atoms with Crippen molar-refractivity contribution in [2.75, 3.05) is 13.2 Å². The van der Waals surface area contributed by atoms with Crippen molar-refractivity contribution in [3.05, 3.63) is 35.4 Å². The van der Waals surface area contributed by atoms with E-state index >= 15 is 0 Å². The lowest BCUT2D eigenvalue weighted by Gasteiger charge is -2.02. The van der Waals surface area contributed by atoms with E-state index in [-0.39, 0.29) is 24.4 Å². The number of carbonyl (C=O) groups excluding carboxylic acids is 2. The number of hydrogen-bond donors (Lipinski definition) is 0. The number of hydrogen-bond acceptors (Lipinski definition) is 4. The second kappa shape index (κ2) is 7.36. The Labute approximate surface area is 106 Å². The molecule has 0 heterocycles. The van der Waals surface area contributed by atoms with Crippen molar-refractivity contribution < 1.29 is 14.3 Å². The van der Waals surface area contributed by atoms with E-state index in [1.165, 1.54) is 0 Å². The fraction of sp³-hybridized carbons (Fsp3) is 0.357. The minimum atomic E-state index is -0.221. The van der Waals surface area contributed by atoms with Crippen molar-refractivity contribution in [3.63, 3.8) is 0 Å². The maximum absolute atomic E-state index is 11.7. The van der Waals surface area contributed by atoms with E-state index in [0.29, 0.717) is 24.3 Å². The van der Waals surface area contributed by atoms with Gasteiger partial charge < -0.3 is 4.74 Å². The summed E-state index contributed by atoms with van der Waals surface area (Å²) in [5.74, 6) is -0.348. The lowest BCUT2D eigenvalue weighted by molar-refractivity contribution is -0.119. The number of nitrogens with zero attached hydrogens (tertiary/aromatic N) is 1. The third kappa shape index (κ3) is 4.48. The van der Waals surface area contributed by atoms with Crippen LogP contribution in [0.4, 0.5) is 0 Å². The highest BCUT2D eigenvalue weighted by Crippen LogP contribution is 2.07. The van der Waals surface area contributed by atoms with Crippen LogP contribution in [-0.4, -0.2) is 24.8 Å². The van der Waals surface area contributed by atoms with Crippen molar-refractivity contribution in [3.8, 4) is 6.07 Å². The number of carbonyl (C=O) groups is 2. The second-order valence-corrected chi connectivity index (χ2v) is 3.77. The second-order valence-electron chi connectivity index (χ2n) is 3.77. The van der Waals surface area contributed by atoms with Crippen LogP contribution < -0.4 is 0 Å². The molecule has 0 atom stereocenters. The normalized spacial score (nSPS) is 9.78. The van der Waals surface area contributed by atoms with Crippen LogP contribution in [0.1, 0.15) is 35.7 Å². The van der Waals surface area contributed by atoms with Gasteiger partial charge in [-0.1, -0.05) is 12.1 Å². The first-order valence-electron chi connectivity index (χ1n) is 5.80. The topological polar surface area (TPSA) is 67.2 Å². The van der Waals surface area contributed by atoms with E-state index in [9.17, 15) is 9.59 Å². The van der Waals surface area contributed by atoms with Gasteiger partial charge in [-0.05, 0) is 19.1 Å². The molecule has 94 valence electrons. The molecular formula is C14H15NO3. The van der Waals surface area contributed by atoms with Crippen molar-refractivity contribution in [1.29, 1.82) is 5.26 Å². The fourth-order valence-corrected chi connectivity index (χ4v) is 1.43. The van der Waals surface area contributed by atoms with Crippen LogP contribution >= 0.6 is 0 Å². The number of ether oxygens (including phenoxy) is 1. The largest absolute Gasteiger partial charge is 0.381 e.